The standard InChI is InChI=1S/C19H24N2O2/c1-16-5-4-6-17(11-16)12-21(13-18-7-2-3-9-20-18)14-19-8-10-22-15-23-19/h2-7,9,11,19H,8,10,12-15H2,1H3/t19-/m0/s1. The summed E-state index contributed by atoms with van der Waals surface area (Å²) in [7, 11) is 0. The van der Waals surface area contributed by atoms with Crippen LogP contribution in [0, 0.1) is 6.92 Å². The molecule has 0 radical (unpaired) electrons. The van der Waals surface area contributed by atoms with E-state index in [1.807, 2.05) is 18.3 Å². The van der Waals surface area contributed by atoms with Gasteiger partial charge in [0.25, 0.3) is 0 Å². The van der Waals surface area contributed by atoms with Gasteiger partial charge in [0.1, 0.15) is 6.79 Å². The third-order valence-corrected chi connectivity index (χ3v) is 4.03. The van der Waals surface area contributed by atoms with Crippen molar-refractivity contribution in [1.82, 2.24) is 9.88 Å². The van der Waals surface area contributed by atoms with Crippen LogP contribution in [-0.2, 0) is 22.6 Å². The second-order valence-electron chi connectivity index (χ2n) is 6.08. The van der Waals surface area contributed by atoms with Crippen LogP contribution >= 0.6 is 0 Å². The predicted octanol–water partition coefficient (Wildman–Crippen LogP) is 3.16. The molecule has 1 atom stereocenters. The van der Waals surface area contributed by atoms with Gasteiger partial charge in [-0.25, -0.2) is 0 Å². The first kappa shape index (κ1) is 16.1. The largest absolute Gasteiger partial charge is 0.355 e. The van der Waals surface area contributed by atoms with Gasteiger partial charge in [0.05, 0.1) is 18.4 Å². The third kappa shape index (κ3) is 5.13. The topological polar surface area (TPSA) is 34.6 Å². The number of hydrogen-bond donors (Lipinski definition) is 0. The molecule has 122 valence electrons. The lowest BCUT2D eigenvalue weighted by molar-refractivity contribution is -0.145. The van der Waals surface area contributed by atoms with E-state index < -0.39 is 0 Å². The van der Waals surface area contributed by atoms with Crippen molar-refractivity contribution in [1.29, 1.82) is 0 Å². The quantitative estimate of drug-likeness (QED) is 0.820. The Balaban J connectivity index is 1.69. The highest BCUT2D eigenvalue weighted by Crippen LogP contribution is 2.14. The molecule has 3 rings (SSSR count). The zero-order valence-electron chi connectivity index (χ0n) is 13.6. The molecule has 0 amide bonds. The number of aryl methyl sites for hydroxylation is 1. The Bertz CT molecular complexity index is 597. The molecule has 0 unspecified atom stereocenters. The van der Waals surface area contributed by atoms with Gasteiger partial charge in [0.2, 0.25) is 0 Å². The molecule has 1 fully saturated rings. The fraction of sp³-hybridized carbons (Fsp3) is 0.421. The Morgan fingerprint density at radius 3 is 2.87 bits per heavy atom. The Morgan fingerprint density at radius 1 is 1.17 bits per heavy atom. The number of aromatic nitrogens is 1. The number of pyridine rings is 1. The van der Waals surface area contributed by atoms with Gasteiger partial charge in [-0.05, 0) is 31.0 Å². The molecule has 0 spiro atoms. The average Bonchev–Trinajstić information content (AvgIpc) is 2.57. The minimum Gasteiger partial charge on any atom is -0.355 e. The maximum atomic E-state index is 5.72. The fourth-order valence-electron chi connectivity index (χ4n) is 2.91. The predicted molar refractivity (Wildman–Crippen MR) is 89.8 cm³/mol. The minimum atomic E-state index is 0.234. The Hall–Kier alpha value is -1.75. The molecule has 1 aliphatic rings. The molecule has 1 aromatic heterocycles. The molecule has 23 heavy (non-hydrogen) atoms. The SMILES string of the molecule is Cc1cccc(CN(Cc2ccccn2)C[C@@H]2CCOCO2)c1. The molecular formula is C19H24N2O2. The smallest absolute Gasteiger partial charge is 0.147 e. The first-order valence-electron chi connectivity index (χ1n) is 8.17. The molecule has 1 aliphatic heterocycles. The Kier molecular flexibility index (Phi) is 5.75. The molecule has 0 saturated carbocycles. The molecule has 1 saturated heterocycles. The lowest BCUT2D eigenvalue weighted by Gasteiger charge is -2.29. The van der Waals surface area contributed by atoms with Crippen molar-refractivity contribution in [2.24, 2.45) is 0 Å². The number of rotatable bonds is 6. The van der Waals surface area contributed by atoms with Crippen molar-refractivity contribution in [3.63, 3.8) is 0 Å². The highest BCUT2D eigenvalue weighted by molar-refractivity contribution is 5.22. The van der Waals surface area contributed by atoms with E-state index >= 15 is 0 Å². The van der Waals surface area contributed by atoms with Crippen LogP contribution < -0.4 is 0 Å². The van der Waals surface area contributed by atoms with Crippen molar-refractivity contribution in [3.05, 3.63) is 65.5 Å². The first-order chi connectivity index (χ1) is 11.3. The summed E-state index contributed by atoms with van der Waals surface area (Å²) < 4.78 is 11.0. The molecule has 4 heteroatoms. The maximum absolute atomic E-state index is 5.72. The number of hydrogen-bond acceptors (Lipinski definition) is 4. The van der Waals surface area contributed by atoms with Crippen molar-refractivity contribution in [2.75, 3.05) is 19.9 Å². The van der Waals surface area contributed by atoms with Crippen LogP contribution in [0.5, 0.6) is 0 Å². The Labute approximate surface area is 138 Å². The number of benzene rings is 1. The van der Waals surface area contributed by atoms with E-state index in [0.29, 0.717) is 6.79 Å². The van der Waals surface area contributed by atoms with E-state index in [4.69, 9.17) is 9.47 Å². The van der Waals surface area contributed by atoms with Gasteiger partial charge in [0.15, 0.2) is 0 Å². The van der Waals surface area contributed by atoms with Crippen molar-refractivity contribution >= 4 is 0 Å². The van der Waals surface area contributed by atoms with Gasteiger partial charge < -0.3 is 9.47 Å². The summed E-state index contributed by atoms with van der Waals surface area (Å²) >= 11 is 0. The molecule has 0 bridgehead atoms. The van der Waals surface area contributed by atoms with Gasteiger partial charge in [-0.15, -0.1) is 0 Å². The maximum Gasteiger partial charge on any atom is 0.147 e. The van der Waals surface area contributed by atoms with Crippen LogP contribution in [0.15, 0.2) is 48.7 Å². The van der Waals surface area contributed by atoms with Crippen LogP contribution in [0.3, 0.4) is 0 Å². The lowest BCUT2D eigenvalue weighted by Crippen LogP contribution is -2.37. The van der Waals surface area contributed by atoms with Crippen LogP contribution in [0.1, 0.15) is 23.2 Å². The number of nitrogens with zero attached hydrogens (tertiary/aromatic N) is 2. The normalized spacial score (nSPS) is 18.3. The van der Waals surface area contributed by atoms with E-state index in [1.165, 1.54) is 11.1 Å². The summed E-state index contributed by atoms with van der Waals surface area (Å²) in [5.74, 6) is 0. The first-order valence-corrected chi connectivity index (χ1v) is 8.17. The van der Waals surface area contributed by atoms with Gasteiger partial charge in [-0.1, -0.05) is 35.9 Å². The average molecular weight is 312 g/mol. The van der Waals surface area contributed by atoms with E-state index in [1.54, 1.807) is 0 Å². The fourth-order valence-corrected chi connectivity index (χ4v) is 2.91. The summed E-state index contributed by atoms with van der Waals surface area (Å²) in [4.78, 5) is 6.87. The van der Waals surface area contributed by atoms with Crippen molar-refractivity contribution < 1.29 is 9.47 Å². The molecule has 2 heterocycles. The molecule has 0 N–H and O–H groups in total. The van der Waals surface area contributed by atoms with Crippen molar-refractivity contribution in [3.8, 4) is 0 Å². The van der Waals surface area contributed by atoms with Crippen LogP contribution in [0.25, 0.3) is 0 Å². The molecule has 0 aliphatic carbocycles. The van der Waals surface area contributed by atoms with Crippen LogP contribution in [-0.4, -0.2) is 35.9 Å². The molecule has 2 aromatic rings. The summed E-state index contributed by atoms with van der Waals surface area (Å²) in [5.41, 5.74) is 3.71. The highest BCUT2D eigenvalue weighted by Gasteiger charge is 2.19. The van der Waals surface area contributed by atoms with Gasteiger partial charge >= 0.3 is 0 Å². The third-order valence-electron chi connectivity index (χ3n) is 4.03. The zero-order chi connectivity index (χ0) is 15.9. The lowest BCUT2D eigenvalue weighted by atomic mass is 10.1. The van der Waals surface area contributed by atoms with E-state index in [0.717, 1.165) is 38.4 Å². The minimum absolute atomic E-state index is 0.234. The van der Waals surface area contributed by atoms with Crippen molar-refractivity contribution in [2.45, 2.75) is 32.5 Å². The van der Waals surface area contributed by atoms with Gasteiger partial charge in [-0.3, -0.25) is 9.88 Å². The summed E-state index contributed by atoms with van der Waals surface area (Å²) in [6.07, 6.45) is 3.04. The second-order valence-corrected chi connectivity index (χ2v) is 6.08. The summed E-state index contributed by atoms with van der Waals surface area (Å²) in [6.45, 7) is 5.95. The van der Waals surface area contributed by atoms with E-state index in [2.05, 4.69) is 47.1 Å². The second kappa shape index (κ2) is 8.20. The monoisotopic (exact) mass is 312 g/mol. The zero-order valence-corrected chi connectivity index (χ0v) is 13.6. The molecule has 4 nitrogen and oxygen atoms in total. The van der Waals surface area contributed by atoms with Gasteiger partial charge in [-0.2, -0.15) is 0 Å². The molecule has 1 aromatic carbocycles. The number of ether oxygens (including phenoxy) is 2. The van der Waals surface area contributed by atoms with E-state index in [9.17, 15) is 0 Å². The summed E-state index contributed by atoms with van der Waals surface area (Å²) in [6, 6.07) is 14.8. The van der Waals surface area contributed by atoms with Gasteiger partial charge in [0, 0.05) is 25.8 Å². The Morgan fingerprint density at radius 2 is 2.13 bits per heavy atom. The summed E-state index contributed by atoms with van der Waals surface area (Å²) in [5, 5.41) is 0. The highest BCUT2D eigenvalue weighted by atomic mass is 16.7. The van der Waals surface area contributed by atoms with Crippen LogP contribution in [0.4, 0.5) is 0 Å². The van der Waals surface area contributed by atoms with Crippen LogP contribution in [0.2, 0.25) is 0 Å². The van der Waals surface area contributed by atoms with E-state index in [-0.39, 0.29) is 6.10 Å². The molecular weight excluding hydrogens is 288 g/mol.